The highest BCUT2D eigenvalue weighted by Gasteiger charge is 2.01. The maximum absolute atomic E-state index is 5.33. The molecule has 0 saturated carbocycles. The van der Waals surface area contributed by atoms with Gasteiger partial charge in [0.2, 0.25) is 0 Å². The van der Waals surface area contributed by atoms with Crippen molar-refractivity contribution in [2.45, 2.75) is 32.7 Å². The fourth-order valence-corrected chi connectivity index (χ4v) is 1.71. The SMILES string of the molecule is C#CCOc1ccc(CCC(C)NCC)cc1. The summed E-state index contributed by atoms with van der Waals surface area (Å²) in [4.78, 5) is 0. The van der Waals surface area contributed by atoms with Crippen LogP contribution in [-0.4, -0.2) is 19.2 Å². The molecular weight excluding hydrogens is 210 g/mol. The normalized spacial score (nSPS) is 11.8. The van der Waals surface area contributed by atoms with E-state index in [1.54, 1.807) is 0 Å². The summed E-state index contributed by atoms with van der Waals surface area (Å²) in [6.07, 6.45) is 7.37. The van der Waals surface area contributed by atoms with Crippen molar-refractivity contribution < 1.29 is 4.74 Å². The van der Waals surface area contributed by atoms with Gasteiger partial charge in [0.15, 0.2) is 0 Å². The lowest BCUT2D eigenvalue weighted by Crippen LogP contribution is -2.25. The highest BCUT2D eigenvalue weighted by molar-refractivity contribution is 5.27. The van der Waals surface area contributed by atoms with Crippen LogP contribution in [0.2, 0.25) is 0 Å². The molecule has 1 unspecified atom stereocenters. The maximum Gasteiger partial charge on any atom is 0.148 e. The number of aryl methyl sites for hydroxylation is 1. The van der Waals surface area contributed by atoms with E-state index in [0.717, 1.165) is 25.1 Å². The lowest BCUT2D eigenvalue weighted by atomic mass is 10.1. The van der Waals surface area contributed by atoms with Gasteiger partial charge in [0, 0.05) is 6.04 Å². The van der Waals surface area contributed by atoms with Crippen LogP contribution in [0.5, 0.6) is 5.75 Å². The van der Waals surface area contributed by atoms with E-state index < -0.39 is 0 Å². The molecule has 0 saturated heterocycles. The van der Waals surface area contributed by atoms with Crippen LogP contribution in [-0.2, 0) is 6.42 Å². The van der Waals surface area contributed by atoms with E-state index in [1.807, 2.05) is 12.1 Å². The first-order valence-electron chi connectivity index (χ1n) is 6.14. The minimum atomic E-state index is 0.330. The van der Waals surface area contributed by atoms with Crippen LogP contribution >= 0.6 is 0 Å². The van der Waals surface area contributed by atoms with Gasteiger partial charge >= 0.3 is 0 Å². The van der Waals surface area contributed by atoms with Crippen molar-refractivity contribution in [1.82, 2.24) is 5.32 Å². The summed E-state index contributed by atoms with van der Waals surface area (Å²) < 4.78 is 5.33. The van der Waals surface area contributed by atoms with Crippen LogP contribution in [0, 0.1) is 12.3 Å². The number of terminal acetylenes is 1. The molecule has 0 aliphatic heterocycles. The minimum Gasteiger partial charge on any atom is -0.481 e. The molecule has 0 aliphatic rings. The minimum absolute atomic E-state index is 0.330. The van der Waals surface area contributed by atoms with Crippen LogP contribution < -0.4 is 10.1 Å². The number of hydrogen-bond acceptors (Lipinski definition) is 2. The van der Waals surface area contributed by atoms with E-state index in [9.17, 15) is 0 Å². The summed E-state index contributed by atoms with van der Waals surface area (Å²) in [5.74, 6) is 3.29. The monoisotopic (exact) mass is 231 g/mol. The Morgan fingerprint density at radius 1 is 1.35 bits per heavy atom. The van der Waals surface area contributed by atoms with Crippen LogP contribution in [0.4, 0.5) is 0 Å². The number of hydrogen-bond donors (Lipinski definition) is 1. The second-order valence-electron chi connectivity index (χ2n) is 4.13. The first-order chi connectivity index (χ1) is 8.26. The predicted octanol–water partition coefficient (Wildman–Crippen LogP) is 2.63. The highest BCUT2D eigenvalue weighted by atomic mass is 16.5. The molecule has 0 amide bonds. The molecule has 0 radical (unpaired) electrons. The summed E-state index contributed by atoms with van der Waals surface area (Å²) in [6, 6.07) is 8.72. The van der Waals surface area contributed by atoms with Crippen LogP contribution in [0.25, 0.3) is 0 Å². The summed E-state index contributed by atoms with van der Waals surface area (Å²) in [5.41, 5.74) is 1.34. The Balaban J connectivity index is 2.37. The van der Waals surface area contributed by atoms with Gasteiger partial charge in [0.25, 0.3) is 0 Å². The Hall–Kier alpha value is -1.46. The predicted molar refractivity (Wildman–Crippen MR) is 72.2 cm³/mol. The average Bonchev–Trinajstić information content (AvgIpc) is 2.35. The lowest BCUT2D eigenvalue weighted by Gasteiger charge is -2.12. The summed E-state index contributed by atoms with van der Waals surface area (Å²) in [6.45, 7) is 5.71. The molecule has 0 aliphatic carbocycles. The Bertz CT molecular complexity index is 350. The van der Waals surface area contributed by atoms with Gasteiger partial charge in [-0.15, -0.1) is 6.42 Å². The van der Waals surface area contributed by atoms with Crippen molar-refractivity contribution in [1.29, 1.82) is 0 Å². The second-order valence-corrected chi connectivity index (χ2v) is 4.13. The van der Waals surface area contributed by atoms with Crippen LogP contribution in [0.3, 0.4) is 0 Å². The first kappa shape index (κ1) is 13.6. The molecule has 1 aromatic carbocycles. The highest BCUT2D eigenvalue weighted by Crippen LogP contribution is 2.13. The zero-order valence-corrected chi connectivity index (χ0v) is 10.7. The van der Waals surface area contributed by atoms with Crippen molar-refractivity contribution in [3.8, 4) is 18.1 Å². The zero-order chi connectivity index (χ0) is 12.5. The molecule has 0 heterocycles. The second kappa shape index (κ2) is 7.76. The maximum atomic E-state index is 5.33. The third-order valence-electron chi connectivity index (χ3n) is 2.66. The Kier molecular flexibility index (Phi) is 6.21. The van der Waals surface area contributed by atoms with Crippen LogP contribution in [0.1, 0.15) is 25.8 Å². The third kappa shape index (κ3) is 5.42. The molecule has 0 aromatic heterocycles. The Labute approximate surface area is 104 Å². The Morgan fingerprint density at radius 3 is 2.65 bits per heavy atom. The van der Waals surface area contributed by atoms with E-state index >= 15 is 0 Å². The van der Waals surface area contributed by atoms with E-state index in [4.69, 9.17) is 11.2 Å². The smallest absolute Gasteiger partial charge is 0.148 e. The standard InChI is InChI=1S/C15H21NO/c1-4-12-17-15-10-8-14(9-11-15)7-6-13(3)16-5-2/h1,8-11,13,16H,5-7,12H2,2-3H3. The fourth-order valence-electron chi connectivity index (χ4n) is 1.71. The van der Waals surface area contributed by atoms with Gasteiger partial charge in [-0.2, -0.15) is 0 Å². The number of rotatable bonds is 7. The Morgan fingerprint density at radius 2 is 2.06 bits per heavy atom. The van der Waals surface area contributed by atoms with E-state index in [1.165, 1.54) is 5.56 Å². The molecule has 2 nitrogen and oxygen atoms in total. The van der Waals surface area contributed by atoms with Gasteiger partial charge in [-0.3, -0.25) is 0 Å². The molecule has 92 valence electrons. The van der Waals surface area contributed by atoms with Gasteiger partial charge in [0.1, 0.15) is 12.4 Å². The van der Waals surface area contributed by atoms with Crippen molar-refractivity contribution in [2.75, 3.05) is 13.2 Å². The fraction of sp³-hybridized carbons (Fsp3) is 0.467. The van der Waals surface area contributed by atoms with Gasteiger partial charge in [-0.25, -0.2) is 0 Å². The molecule has 0 spiro atoms. The number of ether oxygens (including phenoxy) is 1. The zero-order valence-electron chi connectivity index (χ0n) is 10.7. The van der Waals surface area contributed by atoms with E-state index in [0.29, 0.717) is 12.6 Å². The van der Waals surface area contributed by atoms with E-state index in [2.05, 4.69) is 37.2 Å². The molecular formula is C15H21NO. The molecule has 1 atom stereocenters. The molecule has 17 heavy (non-hydrogen) atoms. The number of nitrogens with one attached hydrogen (secondary N) is 1. The van der Waals surface area contributed by atoms with Crippen molar-refractivity contribution >= 4 is 0 Å². The van der Waals surface area contributed by atoms with E-state index in [-0.39, 0.29) is 0 Å². The topological polar surface area (TPSA) is 21.3 Å². The molecule has 2 heteroatoms. The van der Waals surface area contributed by atoms with Crippen LogP contribution in [0.15, 0.2) is 24.3 Å². The molecule has 1 aromatic rings. The largest absolute Gasteiger partial charge is 0.481 e. The number of benzene rings is 1. The summed E-state index contributed by atoms with van der Waals surface area (Å²) in [5, 5.41) is 3.41. The van der Waals surface area contributed by atoms with Crippen molar-refractivity contribution in [3.05, 3.63) is 29.8 Å². The van der Waals surface area contributed by atoms with Gasteiger partial charge in [-0.05, 0) is 44.0 Å². The van der Waals surface area contributed by atoms with Gasteiger partial charge < -0.3 is 10.1 Å². The molecule has 1 N–H and O–H groups in total. The summed E-state index contributed by atoms with van der Waals surface area (Å²) >= 11 is 0. The summed E-state index contributed by atoms with van der Waals surface area (Å²) in [7, 11) is 0. The third-order valence-corrected chi connectivity index (χ3v) is 2.66. The van der Waals surface area contributed by atoms with Crippen molar-refractivity contribution in [2.24, 2.45) is 0 Å². The molecule has 1 rings (SSSR count). The molecule has 0 bridgehead atoms. The van der Waals surface area contributed by atoms with Gasteiger partial charge in [-0.1, -0.05) is 25.0 Å². The molecule has 0 fully saturated rings. The first-order valence-corrected chi connectivity index (χ1v) is 6.14. The van der Waals surface area contributed by atoms with Gasteiger partial charge in [0.05, 0.1) is 0 Å². The quantitative estimate of drug-likeness (QED) is 0.728. The lowest BCUT2D eigenvalue weighted by molar-refractivity contribution is 0.370. The van der Waals surface area contributed by atoms with Crippen molar-refractivity contribution in [3.63, 3.8) is 0 Å². The average molecular weight is 231 g/mol.